The number of ether oxygens (including phenoxy) is 2. The number of nitrogens with zero attached hydrogens (tertiary/aromatic N) is 1. The third-order valence-corrected chi connectivity index (χ3v) is 8.60. The Bertz CT molecular complexity index is 2020. The van der Waals surface area contributed by atoms with Crippen LogP contribution in [0.25, 0.3) is 6.08 Å². The van der Waals surface area contributed by atoms with Gasteiger partial charge in [-0.3, -0.25) is 24.5 Å². The normalized spacial score (nSPS) is 11.5. The SMILES string of the molecule is COc1ccc(NC(=O)C(Sc2ccc(NC(=O)/C(=C/c3ccccc3[N+](=O)[O-])NC(=O)c3ccccc3)cc2)c2ccccc2)c(OC)c1. The van der Waals surface area contributed by atoms with Gasteiger partial charge in [0.05, 0.1) is 30.4 Å². The third kappa shape index (κ3) is 8.94. The van der Waals surface area contributed by atoms with Crippen molar-refractivity contribution in [3.05, 3.63) is 160 Å². The maximum absolute atomic E-state index is 13.7. The zero-order valence-electron chi connectivity index (χ0n) is 27.0. The van der Waals surface area contributed by atoms with Gasteiger partial charge in [-0.2, -0.15) is 0 Å². The Morgan fingerprint density at radius 2 is 1.44 bits per heavy atom. The highest BCUT2D eigenvalue weighted by Gasteiger charge is 2.24. The second-order valence-corrected chi connectivity index (χ2v) is 11.8. The van der Waals surface area contributed by atoms with Crippen molar-refractivity contribution in [2.75, 3.05) is 24.9 Å². The lowest BCUT2D eigenvalue weighted by Crippen LogP contribution is -2.30. The fourth-order valence-electron chi connectivity index (χ4n) is 4.83. The predicted molar refractivity (Wildman–Crippen MR) is 193 cm³/mol. The number of nitro benzene ring substituents is 1. The molecule has 0 aromatic heterocycles. The number of amides is 3. The maximum atomic E-state index is 13.7. The predicted octanol–water partition coefficient (Wildman–Crippen LogP) is 7.49. The molecule has 3 N–H and O–H groups in total. The van der Waals surface area contributed by atoms with Crippen LogP contribution in [0, 0.1) is 10.1 Å². The molecule has 50 heavy (non-hydrogen) atoms. The number of rotatable bonds is 13. The first-order chi connectivity index (χ1) is 24.2. The minimum Gasteiger partial charge on any atom is -0.497 e. The summed E-state index contributed by atoms with van der Waals surface area (Å²) in [5.74, 6) is -0.493. The molecule has 0 fully saturated rings. The number of methoxy groups -OCH3 is 2. The van der Waals surface area contributed by atoms with E-state index in [-0.39, 0.29) is 22.9 Å². The number of benzene rings is 5. The summed E-state index contributed by atoms with van der Waals surface area (Å²) in [6, 6.07) is 35.5. The van der Waals surface area contributed by atoms with Crippen molar-refractivity contribution in [1.82, 2.24) is 5.32 Å². The quantitative estimate of drug-likeness (QED) is 0.0499. The molecule has 252 valence electrons. The summed E-state index contributed by atoms with van der Waals surface area (Å²) in [5.41, 5.74) is 1.68. The van der Waals surface area contributed by atoms with Crippen molar-refractivity contribution in [3.8, 4) is 11.5 Å². The van der Waals surface area contributed by atoms with Crippen LogP contribution in [0.4, 0.5) is 17.1 Å². The van der Waals surface area contributed by atoms with Gasteiger partial charge in [0.15, 0.2) is 0 Å². The average molecular weight is 689 g/mol. The fourth-order valence-corrected chi connectivity index (χ4v) is 5.85. The van der Waals surface area contributed by atoms with Crippen molar-refractivity contribution >= 4 is 52.6 Å². The summed E-state index contributed by atoms with van der Waals surface area (Å²) >= 11 is 1.31. The van der Waals surface area contributed by atoms with Crippen LogP contribution in [0.15, 0.2) is 138 Å². The van der Waals surface area contributed by atoms with E-state index < -0.39 is 22.0 Å². The van der Waals surface area contributed by atoms with Gasteiger partial charge in [0.1, 0.15) is 22.4 Å². The van der Waals surface area contributed by atoms with Crippen LogP contribution >= 0.6 is 11.8 Å². The van der Waals surface area contributed by atoms with Gasteiger partial charge in [-0.25, -0.2) is 0 Å². The van der Waals surface area contributed by atoms with E-state index >= 15 is 0 Å². The Kier molecular flexibility index (Phi) is 11.6. The summed E-state index contributed by atoms with van der Waals surface area (Å²) in [6.45, 7) is 0. The molecular formula is C38H32N4O7S. The van der Waals surface area contributed by atoms with Crippen molar-refractivity contribution in [2.45, 2.75) is 10.1 Å². The largest absolute Gasteiger partial charge is 0.497 e. The lowest BCUT2D eigenvalue weighted by atomic mass is 10.1. The molecule has 0 heterocycles. The zero-order valence-corrected chi connectivity index (χ0v) is 27.8. The zero-order chi connectivity index (χ0) is 35.5. The van der Waals surface area contributed by atoms with Gasteiger partial charge in [0.25, 0.3) is 17.5 Å². The third-order valence-electron chi connectivity index (χ3n) is 7.34. The second-order valence-electron chi connectivity index (χ2n) is 10.6. The monoisotopic (exact) mass is 688 g/mol. The molecule has 5 rings (SSSR count). The van der Waals surface area contributed by atoms with E-state index in [9.17, 15) is 24.5 Å². The standard InChI is InChI=1S/C38H32N4O7S/c1-48-29-19-22-31(34(24-29)49-2)40-38(45)35(25-11-5-3-6-12-25)50-30-20-17-28(18-21-30)39-37(44)32(41-36(43)26-13-7-4-8-14-26)23-27-15-9-10-16-33(27)42(46)47/h3-24,35H,1-2H3,(H,39,44)(H,40,45)(H,41,43)/b32-23-. The molecule has 0 aliphatic heterocycles. The lowest BCUT2D eigenvalue weighted by Gasteiger charge is -2.19. The Morgan fingerprint density at radius 3 is 2.10 bits per heavy atom. The van der Waals surface area contributed by atoms with Gasteiger partial charge in [0.2, 0.25) is 5.91 Å². The molecule has 5 aromatic rings. The minimum absolute atomic E-state index is 0.139. The van der Waals surface area contributed by atoms with E-state index in [0.29, 0.717) is 28.4 Å². The van der Waals surface area contributed by atoms with Gasteiger partial charge in [0, 0.05) is 28.3 Å². The summed E-state index contributed by atoms with van der Waals surface area (Å²) in [4.78, 5) is 52.0. The van der Waals surface area contributed by atoms with Gasteiger partial charge < -0.3 is 25.4 Å². The van der Waals surface area contributed by atoms with Crippen LogP contribution in [0.2, 0.25) is 0 Å². The van der Waals surface area contributed by atoms with E-state index in [0.717, 1.165) is 10.5 Å². The van der Waals surface area contributed by atoms with E-state index in [4.69, 9.17) is 9.47 Å². The number of carbonyl (C=O) groups is 3. The first-order valence-electron chi connectivity index (χ1n) is 15.2. The Labute approximate surface area is 292 Å². The molecule has 3 amide bonds. The molecule has 0 radical (unpaired) electrons. The molecule has 0 spiro atoms. The fraction of sp³-hybridized carbons (Fsp3) is 0.0789. The van der Waals surface area contributed by atoms with Crippen LogP contribution < -0.4 is 25.4 Å². The van der Waals surface area contributed by atoms with Gasteiger partial charge >= 0.3 is 0 Å². The minimum atomic E-state index is -0.692. The van der Waals surface area contributed by atoms with Crippen molar-refractivity contribution in [2.24, 2.45) is 0 Å². The first kappa shape index (κ1) is 34.9. The topological polar surface area (TPSA) is 149 Å². The summed E-state index contributed by atoms with van der Waals surface area (Å²) in [5, 5.41) is 19.3. The summed E-state index contributed by atoms with van der Waals surface area (Å²) in [7, 11) is 3.06. The lowest BCUT2D eigenvalue weighted by molar-refractivity contribution is -0.385. The molecule has 0 saturated heterocycles. The van der Waals surface area contributed by atoms with Crippen LogP contribution in [-0.2, 0) is 9.59 Å². The summed E-state index contributed by atoms with van der Waals surface area (Å²) < 4.78 is 10.7. The number of thioether (sulfide) groups is 1. The number of nitro groups is 1. The average Bonchev–Trinajstić information content (AvgIpc) is 3.15. The molecule has 5 aromatic carbocycles. The van der Waals surface area contributed by atoms with Crippen molar-refractivity contribution in [1.29, 1.82) is 0 Å². The maximum Gasteiger partial charge on any atom is 0.276 e. The Balaban J connectivity index is 1.36. The van der Waals surface area contributed by atoms with Gasteiger partial charge in [-0.15, -0.1) is 11.8 Å². The molecule has 1 unspecified atom stereocenters. The molecule has 0 aliphatic carbocycles. The Morgan fingerprint density at radius 1 is 0.780 bits per heavy atom. The highest BCUT2D eigenvalue weighted by molar-refractivity contribution is 8.00. The van der Waals surface area contributed by atoms with Crippen molar-refractivity contribution < 1.29 is 28.8 Å². The number of hydrogen-bond donors (Lipinski definition) is 3. The molecule has 11 nitrogen and oxygen atoms in total. The number of carbonyl (C=O) groups excluding carboxylic acids is 3. The van der Waals surface area contributed by atoms with Crippen LogP contribution in [0.1, 0.15) is 26.7 Å². The van der Waals surface area contributed by atoms with E-state index in [1.165, 1.54) is 43.1 Å². The molecule has 12 heteroatoms. The summed E-state index contributed by atoms with van der Waals surface area (Å²) in [6.07, 6.45) is 1.26. The number of hydrogen-bond acceptors (Lipinski definition) is 8. The molecule has 0 bridgehead atoms. The van der Waals surface area contributed by atoms with Crippen molar-refractivity contribution in [3.63, 3.8) is 0 Å². The highest BCUT2D eigenvalue weighted by atomic mass is 32.2. The molecule has 1 atom stereocenters. The second kappa shape index (κ2) is 16.6. The highest BCUT2D eigenvalue weighted by Crippen LogP contribution is 2.38. The molecule has 0 saturated carbocycles. The van der Waals surface area contributed by atoms with Crippen LogP contribution in [0.3, 0.4) is 0 Å². The smallest absolute Gasteiger partial charge is 0.276 e. The van der Waals surface area contributed by atoms with Gasteiger partial charge in [-0.1, -0.05) is 60.7 Å². The Hall–Kier alpha value is -6.40. The molecular weight excluding hydrogens is 657 g/mol. The first-order valence-corrected chi connectivity index (χ1v) is 16.1. The van der Waals surface area contributed by atoms with Gasteiger partial charge in [-0.05, 0) is 66.2 Å². The number of nitrogens with one attached hydrogen (secondary N) is 3. The number of para-hydroxylation sites is 1. The van der Waals surface area contributed by atoms with E-state index in [2.05, 4.69) is 16.0 Å². The van der Waals surface area contributed by atoms with Crippen LogP contribution in [-0.4, -0.2) is 36.9 Å². The van der Waals surface area contributed by atoms with E-state index in [1.807, 2.05) is 30.3 Å². The van der Waals surface area contributed by atoms with E-state index in [1.54, 1.807) is 86.0 Å². The van der Waals surface area contributed by atoms with Crippen LogP contribution in [0.5, 0.6) is 11.5 Å². The molecule has 0 aliphatic rings. The number of anilines is 2.